The van der Waals surface area contributed by atoms with Crippen molar-refractivity contribution < 1.29 is 13.9 Å². The molecule has 0 bridgehead atoms. The van der Waals surface area contributed by atoms with Crippen molar-refractivity contribution in [3.05, 3.63) is 17.7 Å². The minimum atomic E-state index is -0.424. The molecule has 0 amide bonds. The van der Waals surface area contributed by atoms with E-state index in [1.54, 1.807) is 7.11 Å². The van der Waals surface area contributed by atoms with E-state index in [9.17, 15) is 4.39 Å². The van der Waals surface area contributed by atoms with Gasteiger partial charge in [-0.05, 0) is 50.9 Å². The van der Waals surface area contributed by atoms with Gasteiger partial charge in [0.05, 0.1) is 18.5 Å². The number of nitrogens with one attached hydrogen (secondary N) is 2. The van der Waals surface area contributed by atoms with Gasteiger partial charge in [-0.15, -0.1) is 0 Å². The maximum Gasteiger partial charge on any atom is 0.223 e. The van der Waals surface area contributed by atoms with Crippen molar-refractivity contribution in [2.45, 2.75) is 83.3 Å². The second kappa shape index (κ2) is 12.3. The smallest absolute Gasteiger partial charge is 0.223 e. The Kier molecular flexibility index (Phi) is 9.19. The number of ether oxygens (including phenoxy) is 2. The Balaban J connectivity index is 1.33. The van der Waals surface area contributed by atoms with Gasteiger partial charge in [-0.3, -0.25) is 9.98 Å². The highest BCUT2D eigenvalue weighted by molar-refractivity contribution is 6.13. The Labute approximate surface area is 208 Å². The number of hydrogen-bond acceptors (Lipinski definition) is 8. The summed E-state index contributed by atoms with van der Waals surface area (Å²) in [5.74, 6) is 0.0546. The molecule has 4 rings (SSSR count). The van der Waals surface area contributed by atoms with Gasteiger partial charge < -0.3 is 20.1 Å². The van der Waals surface area contributed by atoms with E-state index < -0.39 is 5.82 Å². The van der Waals surface area contributed by atoms with Crippen LogP contribution in [-0.2, 0) is 9.47 Å². The topological polar surface area (TPSA) is 93.0 Å². The van der Waals surface area contributed by atoms with Crippen LogP contribution in [-0.4, -0.2) is 79.5 Å². The molecule has 2 aliphatic heterocycles. The molecule has 3 aliphatic rings. The van der Waals surface area contributed by atoms with E-state index in [4.69, 9.17) is 14.5 Å². The molecular weight excluding hydrogens is 447 g/mol. The first-order chi connectivity index (χ1) is 16.9. The van der Waals surface area contributed by atoms with E-state index in [2.05, 4.69) is 39.4 Å². The fourth-order valence-electron chi connectivity index (χ4n) is 5.20. The van der Waals surface area contributed by atoms with Gasteiger partial charge in [0, 0.05) is 70.1 Å². The Bertz CT molecular complexity index is 894. The van der Waals surface area contributed by atoms with Crippen molar-refractivity contribution in [2.75, 3.05) is 45.3 Å². The fraction of sp³-hybridized carbons (Fsp3) is 0.769. The molecule has 35 heavy (non-hydrogen) atoms. The summed E-state index contributed by atoms with van der Waals surface area (Å²) in [4.78, 5) is 18.3. The largest absolute Gasteiger partial charge is 0.383 e. The summed E-state index contributed by atoms with van der Waals surface area (Å²) in [6.07, 6.45) is 8.92. The van der Waals surface area contributed by atoms with Crippen LogP contribution in [0.1, 0.15) is 70.9 Å². The molecule has 0 aromatic carbocycles. The maximum atomic E-state index is 14.7. The van der Waals surface area contributed by atoms with E-state index in [0.717, 1.165) is 77.0 Å². The van der Waals surface area contributed by atoms with Gasteiger partial charge in [0.25, 0.3) is 0 Å². The van der Waals surface area contributed by atoms with Crippen LogP contribution in [0, 0.1) is 11.2 Å². The number of hydrogen-bond donors (Lipinski definition) is 2. The summed E-state index contributed by atoms with van der Waals surface area (Å²) >= 11 is 0. The highest BCUT2D eigenvalue weighted by Gasteiger charge is 2.28. The predicted octanol–water partition coefficient (Wildman–Crippen LogP) is 3.80. The summed E-state index contributed by atoms with van der Waals surface area (Å²) < 4.78 is 25.5. The van der Waals surface area contributed by atoms with Crippen LogP contribution in [0.2, 0.25) is 0 Å². The Hall–Kier alpha value is -1.97. The number of methoxy groups -OCH3 is 1. The molecule has 1 aromatic heterocycles. The zero-order chi connectivity index (χ0) is 24.7. The molecular formula is C26H41FN6O2. The molecule has 0 radical (unpaired) electrons. The zero-order valence-electron chi connectivity index (χ0n) is 21.5. The third-order valence-corrected chi connectivity index (χ3v) is 7.47. The number of rotatable bonds is 9. The lowest BCUT2D eigenvalue weighted by Gasteiger charge is -2.32. The van der Waals surface area contributed by atoms with Gasteiger partial charge in [0.1, 0.15) is 5.69 Å². The Morgan fingerprint density at radius 1 is 1.23 bits per heavy atom. The van der Waals surface area contributed by atoms with Gasteiger partial charge in [-0.1, -0.05) is 6.92 Å². The van der Waals surface area contributed by atoms with Crippen LogP contribution in [0.25, 0.3) is 0 Å². The van der Waals surface area contributed by atoms with E-state index in [1.807, 2.05) is 0 Å². The molecule has 1 saturated heterocycles. The molecule has 3 heterocycles. The number of aliphatic imine (C=N–C) groups is 2. The van der Waals surface area contributed by atoms with Crippen molar-refractivity contribution >= 4 is 17.4 Å². The number of aromatic nitrogens is 2. The first-order valence-electron chi connectivity index (χ1n) is 13.1. The fourth-order valence-corrected chi connectivity index (χ4v) is 5.20. The van der Waals surface area contributed by atoms with Crippen molar-refractivity contribution in [2.24, 2.45) is 15.4 Å². The van der Waals surface area contributed by atoms with E-state index in [-0.39, 0.29) is 11.5 Å². The van der Waals surface area contributed by atoms with E-state index >= 15 is 0 Å². The van der Waals surface area contributed by atoms with Gasteiger partial charge in [-0.25, -0.2) is 14.4 Å². The number of halogens is 1. The number of nitrogens with zero attached hydrogens (tertiary/aromatic N) is 4. The van der Waals surface area contributed by atoms with Crippen LogP contribution in [0.15, 0.2) is 16.2 Å². The third kappa shape index (κ3) is 7.51. The molecule has 9 heteroatoms. The van der Waals surface area contributed by atoms with E-state index in [1.165, 1.54) is 6.20 Å². The summed E-state index contributed by atoms with van der Waals surface area (Å²) in [6.45, 7) is 8.18. The first-order valence-corrected chi connectivity index (χ1v) is 13.1. The lowest BCUT2D eigenvalue weighted by atomic mass is 9.82. The maximum absolute atomic E-state index is 14.7. The zero-order valence-corrected chi connectivity index (χ0v) is 21.5. The van der Waals surface area contributed by atoms with Gasteiger partial charge in [0.2, 0.25) is 5.95 Å². The van der Waals surface area contributed by atoms with E-state index in [0.29, 0.717) is 42.4 Å². The molecule has 2 fully saturated rings. The third-order valence-electron chi connectivity index (χ3n) is 7.47. The van der Waals surface area contributed by atoms with Gasteiger partial charge >= 0.3 is 0 Å². The summed E-state index contributed by atoms with van der Waals surface area (Å²) in [6, 6.07) is 1.14. The first kappa shape index (κ1) is 26.1. The number of anilines is 1. The van der Waals surface area contributed by atoms with Crippen molar-refractivity contribution in [1.82, 2.24) is 15.3 Å². The van der Waals surface area contributed by atoms with Crippen LogP contribution < -0.4 is 10.6 Å². The Morgan fingerprint density at radius 3 is 2.71 bits per heavy atom. The lowest BCUT2D eigenvalue weighted by Crippen LogP contribution is -2.43. The molecule has 1 aromatic rings. The second-order valence-corrected chi connectivity index (χ2v) is 10.7. The minimum Gasteiger partial charge on any atom is -0.383 e. The molecule has 1 aliphatic carbocycles. The molecule has 1 saturated carbocycles. The monoisotopic (exact) mass is 488 g/mol. The Morgan fingerprint density at radius 2 is 1.97 bits per heavy atom. The molecule has 2 N–H and O–H groups in total. The molecule has 1 atom stereocenters. The molecule has 194 valence electrons. The normalized spacial score (nSPS) is 26.9. The van der Waals surface area contributed by atoms with Crippen LogP contribution in [0.3, 0.4) is 0 Å². The summed E-state index contributed by atoms with van der Waals surface area (Å²) in [5.41, 5.74) is 2.25. The van der Waals surface area contributed by atoms with Crippen LogP contribution >= 0.6 is 0 Å². The SMILES string of the molecule is COCC(C)NC1CCC(Nc2ncc(F)c(C3=NCCC(=NCC4(C)CCOCC4)C3)n2)CC1. The summed E-state index contributed by atoms with van der Waals surface area (Å²) in [7, 11) is 1.73. The molecule has 0 spiro atoms. The second-order valence-electron chi connectivity index (χ2n) is 10.7. The van der Waals surface area contributed by atoms with Crippen LogP contribution in [0.5, 0.6) is 0 Å². The highest BCUT2D eigenvalue weighted by atomic mass is 19.1. The standard InChI is InChI=1S/C26H41FN6O2/c1-18(16-34-3)31-19-4-6-20(7-5-19)32-25-29-15-22(27)24(33-25)23-14-21(8-11-28-23)30-17-26(2)9-12-35-13-10-26/h15,18-20,31H,4-14,16-17H2,1-3H3,(H,29,32,33). The van der Waals surface area contributed by atoms with Gasteiger partial charge in [0.15, 0.2) is 5.82 Å². The summed E-state index contributed by atoms with van der Waals surface area (Å²) in [5, 5.41) is 7.07. The molecule has 8 nitrogen and oxygen atoms in total. The average molecular weight is 489 g/mol. The highest BCUT2D eigenvalue weighted by Crippen LogP contribution is 2.30. The van der Waals surface area contributed by atoms with Crippen molar-refractivity contribution in [3.63, 3.8) is 0 Å². The quantitative estimate of drug-likeness (QED) is 0.549. The molecule has 1 unspecified atom stereocenters. The predicted molar refractivity (Wildman–Crippen MR) is 137 cm³/mol. The average Bonchev–Trinajstić information content (AvgIpc) is 2.86. The van der Waals surface area contributed by atoms with Crippen LogP contribution in [0.4, 0.5) is 10.3 Å². The van der Waals surface area contributed by atoms with Gasteiger partial charge in [-0.2, -0.15) is 0 Å². The van der Waals surface area contributed by atoms with Crippen molar-refractivity contribution in [3.8, 4) is 0 Å². The van der Waals surface area contributed by atoms with Crippen molar-refractivity contribution in [1.29, 1.82) is 0 Å². The minimum absolute atomic E-state index is 0.188. The lowest BCUT2D eigenvalue weighted by molar-refractivity contribution is 0.0283.